The highest BCUT2D eigenvalue weighted by Crippen LogP contribution is 2.34. The van der Waals surface area contributed by atoms with Gasteiger partial charge in [-0.25, -0.2) is 9.97 Å². The van der Waals surface area contributed by atoms with Crippen LogP contribution >= 0.6 is 11.3 Å². The van der Waals surface area contributed by atoms with Crippen LogP contribution in [0.25, 0.3) is 32.5 Å². The number of benzene rings is 1. The number of hydrogen-bond donors (Lipinski definition) is 4. The maximum Gasteiger partial charge on any atom is 0.269 e. The summed E-state index contributed by atoms with van der Waals surface area (Å²) in [6.07, 6.45) is 3.42. The minimum absolute atomic E-state index is 0.0439. The highest BCUT2D eigenvalue weighted by Gasteiger charge is 2.34. The molecule has 0 bridgehead atoms. The second-order valence-corrected chi connectivity index (χ2v) is 10.2. The highest BCUT2D eigenvalue weighted by atomic mass is 32.1. The number of aromatic amines is 1. The number of nitrogens with one attached hydrogen (secondary N) is 4. The molecule has 33 heavy (non-hydrogen) atoms. The fourth-order valence-electron chi connectivity index (χ4n) is 5.04. The molecule has 8 nitrogen and oxygen atoms in total. The van der Waals surface area contributed by atoms with Crippen molar-refractivity contribution >= 4 is 44.2 Å². The van der Waals surface area contributed by atoms with E-state index >= 15 is 0 Å². The molecule has 0 spiro atoms. The summed E-state index contributed by atoms with van der Waals surface area (Å²) in [7, 11) is 3.51. The predicted molar refractivity (Wildman–Crippen MR) is 132 cm³/mol. The third-order valence-corrected chi connectivity index (χ3v) is 7.71. The van der Waals surface area contributed by atoms with Crippen molar-refractivity contribution in [2.75, 3.05) is 26.0 Å². The lowest BCUT2D eigenvalue weighted by Crippen LogP contribution is -2.39. The third kappa shape index (κ3) is 3.76. The molecule has 4 aromatic rings. The van der Waals surface area contributed by atoms with Crippen LogP contribution in [0.3, 0.4) is 0 Å². The van der Waals surface area contributed by atoms with Crippen LogP contribution in [-0.4, -0.2) is 58.5 Å². The number of nitrogens with zero attached hydrogens (tertiary/aromatic N) is 3. The standard InChI is InChI=1S/C24H27N7OS/c1-31(2)24(32)20-10-13-3-4-14(11-19(13)27-20)22-28-18-7-8-33-21(18)23(29-22)26-16-5-6-17-15(9-16)12-25-30-17/h3-4,7-8,10-11,15-17,25,27,30H,5-6,9,12H2,1-2H3,(H,26,28,29). The molecule has 1 aliphatic carbocycles. The molecule has 4 N–H and O–H groups in total. The summed E-state index contributed by atoms with van der Waals surface area (Å²) in [5, 5.41) is 6.81. The topological polar surface area (TPSA) is 98.0 Å². The largest absolute Gasteiger partial charge is 0.366 e. The van der Waals surface area contributed by atoms with Crippen molar-refractivity contribution in [2.45, 2.75) is 31.3 Å². The van der Waals surface area contributed by atoms with Crippen LogP contribution in [-0.2, 0) is 0 Å². The van der Waals surface area contributed by atoms with E-state index < -0.39 is 0 Å². The summed E-state index contributed by atoms with van der Waals surface area (Å²) < 4.78 is 1.10. The van der Waals surface area contributed by atoms with Crippen molar-refractivity contribution in [1.29, 1.82) is 0 Å². The van der Waals surface area contributed by atoms with Crippen molar-refractivity contribution in [3.63, 3.8) is 0 Å². The number of aromatic nitrogens is 3. The van der Waals surface area contributed by atoms with Gasteiger partial charge in [-0.3, -0.25) is 15.6 Å². The SMILES string of the molecule is CN(C)C(=O)c1cc2ccc(-c3nc(NC4CCC5NNCC5C4)c4sccc4n3)cc2[nH]1. The van der Waals surface area contributed by atoms with E-state index in [4.69, 9.17) is 9.97 Å². The monoisotopic (exact) mass is 461 g/mol. The first-order valence-electron chi connectivity index (χ1n) is 11.4. The van der Waals surface area contributed by atoms with Gasteiger partial charge in [-0.05, 0) is 48.8 Å². The zero-order chi connectivity index (χ0) is 22.5. The number of carbonyl (C=O) groups is 1. The molecule has 3 unspecified atom stereocenters. The van der Waals surface area contributed by atoms with Gasteiger partial charge in [0.2, 0.25) is 0 Å². The van der Waals surface area contributed by atoms with E-state index in [1.807, 2.05) is 24.3 Å². The van der Waals surface area contributed by atoms with Gasteiger partial charge < -0.3 is 15.2 Å². The summed E-state index contributed by atoms with van der Waals surface area (Å²) >= 11 is 1.68. The van der Waals surface area contributed by atoms with Crippen molar-refractivity contribution in [2.24, 2.45) is 5.92 Å². The van der Waals surface area contributed by atoms with Crippen LogP contribution in [0, 0.1) is 5.92 Å². The van der Waals surface area contributed by atoms with Gasteiger partial charge in [-0.1, -0.05) is 12.1 Å². The fraction of sp³-hybridized carbons (Fsp3) is 0.375. The van der Waals surface area contributed by atoms with E-state index in [-0.39, 0.29) is 5.91 Å². The molecule has 170 valence electrons. The number of hydrogen-bond acceptors (Lipinski definition) is 7. The van der Waals surface area contributed by atoms with Gasteiger partial charge in [-0.15, -0.1) is 11.3 Å². The van der Waals surface area contributed by atoms with Crippen LogP contribution in [0.15, 0.2) is 35.7 Å². The minimum Gasteiger partial charge on any atom is -0.366 e. The Bertz CT molecular complexity index is 1340. The predicted octanol–water partition coefficient (Wildman–Crippen LogP) is 3.60. The number of amides is 1. The number of anilines is 1. The van der Waals surface area contributed by atoms with Gasteiger partial charge >= 0.3 is 0 Å². The Morgan fingerprint density at radius 1 is 1.18 bits per heavy atom. The lowest BCUT2D eigenvalue weighted by molar-refractivity contribution is 0.0823. The first-order valence-corrected chi connectivity index (χ1v) is 12.3. The molecular weight excluding hydrogens is 434 g/mol. The second kappa shape index (κ2) is 8.09. The molecule has 3 aromatic heterocycles. The zero-order valence-corrected chi connectivity index (χ0v) is 19.5. The molecule has 1 amide bonds. The first kappa shape index (κ1) is 20.6. The van der Waals surface area contributed by atoms with Crippen LogP contribution < -0.4 is 16.2 Å². The Labute approximate surface area is 195 Å². The minimum atomic E-state index is -0.0439. The van der Waals surface area contributed by atoms with Gasteiger partial charge in [0.1, 0.15) is 11.5 Å². The fourth-order valence-corrected chi connectivity index (χ4v) is 5.82. The number of hydrazine groups is 1. The molecule has 1 saturated carbocycles. The number of carbonyl (C=O) groups excluding carboxylic acids is 1. The van der Waals surface area contributed by atoms with Crippen LogP contribution in [0.5, 0.6) is 0 Å². The normalized spacial score (nSPS) is 22.5. The maximum atomic E-state index is 12.3. The van der Waals surface area contributed by atoms with Crippen LogP contribution in [0.2, 0.25) is 0 Å². The summed E-state index contributed by atoms with van der Waals surface area (Å²) in [4.78, 5) is 27.0. The molecule has 0 radical (unpaired) electrons. The smallest absolute Gasteiger partial charge is 0.269 e. The van der Waals surface area contributed by atoms with Gasteiger partial charge in [0, 0.05) is 49.2 Å². The Morgan fingerprint density at radius 2 is 2.09 bits per heavy atom. The number of thiophene rings is 1. The van der Waals surface area contributed by atoms with Gasteiger partial charge in [-0.2, -0.15) is 0 Å². The van der Waals surface area contributed by atoms with Crippen LogP contribution in [0.1, 0.15) is 29.8 Å². The van der Waals surface area contributed by atoms with E-state index in [2.05, 4.69) is 32.6 Å². The lowest BCUT2D eigenvalue weighted by atomic mass is 9.83. The Morgan fingerprint density at radius 3 is 2.97 bits per heavy atom. The summed E-state index contributed by atoms with van der Waals surface area (Å²) in [5.41, 5.74) is 10.1. The van der Waals surface area contributed by atoms with Crippen molar-refractivity contribution in [3.05, 3.63) is 41.4 Å². The molecule has 9 heteroatoms. The summed E-state index contributed by atoms with van der Waals surface area (Å²) in [6, 6.07) is 11.0. The van der Waals surface area contributed by atoms with Crippen molar-refractivity contribution in [1.82, 2.24) is 30.7 Å². The van der Waals surface area contributed by atoms with E-state index in [9.17, 15) is 4.79 Å². The molecule has 1 aliphatic heterocycles. The molecule has 4 heterocycles. The van der Waals surface area contributed by atoms with E-state index in [1.54, 1.807) is 30.3 Å². The molecule has 6 rings (SSSR count). The van der Waals surface area contributed by atoms with Crippen molar-refractivity contribution in [3.8, 4) is 11.4 Å². The Hall–Kier alpha value is -3.01. The van der Waals surface area contributed by atoms with Gasteiger partial charge in [0.15, 0.2) is 5.82 Å². The lowest BCUT2D eigenvalue weighted by Gasteiger charge is -2.31. The number of rotatable bonds is 4. The molecule has 2 aliphatic rings. The van der Waals surface area contributed by atoms with Crippen LogP contribution in [0.4, 0.5) is 5.82 Å². The van der Waals surface area contributed by atoms with Gasteiger partial charge in [0.25, 0.3) is 5.91 Å². The molecule has 1 aromatic carbocycles. The molecule has 1 saturated heterocycles. The van der Waals surface area contributed by atoms with E-state index in [0.29, 0.717) is 29.5 Å². The number of fused-ring (bicyclic) bond motifs is 3. The summed E-state index contributed by atoms with van der Waals surface area (Å²) in [5.74, 6) is 2.23. The Balaban J connectivity index is 1.33. The summed E-state index contributed by atoms with van der Waals surface area (Å²) in [6.45, 7) is 1.03. The number of H-pyrrole nitrogens is 1. The second-order valence-electron chi connectivity index (χ2n) is 9.26. The highest BCUT2D eigenvalue weighted by molar-refractivity contribution is 7.17. The quantitative estimate of drug-likeness (QED) is 0.371. The van der Waals surface area contributed by atoms with E-state index in [0.717, 1.165) is 51.9 Å². The van der Waals surface area contributed by atoms with Crippen molar-refractivity contribution < 1.29 is 4.79 Å². The maximum absolute atomic E-state index is 12.3. The van der Waals surface area contributed by atoms with E-state index in [1.165, 1.54) is 6.42 Å². The van der Waals surface area contributed by atoms with Gasteiger partial charge in [0.05, 0.1) is 10.2 Å². The molecular formula is C24H27N7OS. The third-order valence-electron chi connectivity index (χ3n) is 6.80. The molecule has 2 fully saturated rings. The Kier molecular flexibility index (Phi) is 5.05. The average Bonchev–Trinajstić information content (AvgIpc) is 3.56. The zero-order valence-electron chi connectivity index (χ0n) is 18.7. The first-order chi connectivity index (χ1) is 16.0. The average molecular weight is 462 g/mol. The molecule has 3 atom stereocenters.